The van der Waals surface area contributed by atoms with Crippen LogP contribution in [0.4, 0.5) is 5.69 Å². The number of carbonyl (C=O) groups is 2. The Bertz CT molecular complexity index is 549. The maximum Gasteiger partial charge on any atom is 0.335 e. The summed E-state index contributed by atoms with van der Waals surface area (Å²) < 4.78 is 0. The van der Waals surface area contributed by atoms with Crippen LogP contribution in [0, 0.1) is 5.92 Å². The summed E-state index contributed by atoms with van der Waals surface area (Å²) in [6.45, 7) is 4.14. The molecule has 0 bridgehead atoms. The van der Waals surface area contributed by atoms with Crippen LogP contribution in [-0.4, -0.2) is 22.7 Å². The van der Waals surface area contributed by atoms with Crippen LogP contribution in [0.3, 0.4) is 0 Å². The lowest BCUT2D eigenvalue weighted by molar-refractivity contribution is -0.116. The Morgan fingerprint density at radius 2 is 2.21 bits per heavy atom. The zero-order valence-corrected chi connectivity index (χ0v) is 11.0. The molecular formula is C14H16N2O3. The molecule has 1 aliphatic heterocycles. The van der Waals surface area contributed by atoms with Crippen LogP contribution in [0.1, 0.15) is 37.0 Å². The van der Waals surface area contributed by atoms with Gasteiger partial charge in [-0.15, -0.1) is 0 Å². The average molecular weight is 260 g/mol. The quantitative estimate of drug-likeness (QED) is 0.904. The van der Waals surface area contributed by atoms with Gasteiger partial charge in [-0.05, 0) is 30.5 Å². The smallest absolute Gasteiger partial charge is 0.335 e. The van der Waals surface area contributed by atoms with Gasteiger partial charge in [0.1, 0.15) is 0 Å². The van der Waals surface area contributed by atoms with Crippen LogP contribution in [0.5, 0.6) is 0 Å². The minimum atomic E-state index is -1.01. The summed E-state index contributed by atoms with van der Waals surface area (Å²) in [7, 11) is 0. The number of hydrazone groups is 1. The first-order valence-electron chi connectivity index (χ1n) is 6.20. The van der Waals surface area contributed by atoms with E-state index in [4.69, 9.17) is 5.11 Å². The van der Waals surface area contributed by atoms with E-state index in [0.717, 1.165) is 12.1 Å². The molecule has 0 aromatic heterocycles. The van der Waals surface area contributed by atoms with Gasteiger partial charge in [0.15, 0.2) is 0 Å². The van der Waals surface area contributed by atoms with Gasteiger partial charge in [-0.3, -0.25) is 4.79 Å². The fraction of sp³-hybridized carbons (Fsp3) is 0.357. The number of nitrogens with zero attached hydrogens (tertiary/aromatic N) is 2. The first-order chi connectivity index (χ1) is 8.97. The molecule has 2 rings (SSSR count). The molecule has 0 saturated carbocycles. The number of aromatic carboxylic acids is 1. The lowest BCUT2D eigenvalue weighted by Crippen LogP contribution is -2.19. The van der Waals surface area contributed by atoms with Crippen LogP contribution in [0.15, 0.2) is 29.4 Å². The Morgan fingerprint density at radius 3 is 2.84 bits per heavy atom. The Hall–Kier alpha value is -2.17. The van der Waals surface area contributed by atoms with Crippen LogP contribution in [-0.2, 0) is 4.79 Å². The van der Waals surface area contributed by atoms with E-state index in [1.807, 2.05) is 0 Å². The monoisotopic (exact) mass is 260 g/mol. The minimum Gasteiger partial charge on any atom is -0.478 e. The summed E-state index contributed by atoms with van der Waals surface area (Å²) in [4.78, 5) is 22.8. The number of benzene rings is 1. The van der Waals surface area contributed by atoms with Gasteiger partial charge >= 0.3 is 5.97 Å². The molecule has 0 atom stereocenters. The molecule has 0 unspecified atom stereocenters. The molecule has 1 aromatic carbocycles. The molecule has 0 radical (unpaired) electrons. The van der Waals surface area contributed by atoms with Crippen LogP contribution < -0.4 is 5.01 Å². The Labute approximate surface area is 111 Å². The van der Waals surface area contributed by atoms with Crippen molar-refractivity contribution in [3.63, 3.8) is 0 Å². The summed E-state index contributed by atoms with van der Waals surface area (Å²) in [5.41, 5.74) is 1.50. The fourth-order valence-corrected chi connectivity index (χ4v) is 2.04. The maximum absolute atomic E-state index is 11.9. The molecule has 19 heavy (non-hydrogen) atoms. The summed E-state index contributed by atoms with van der Waals surface area (Å²) in [6, 6.07) is 6.25. The first-order valence-corrected chi connectivity index (χ1v) is 6.20. The van der Waals surface area contributed by atoms with Crippen molar-refractivity contribution in [3.05, 3.63) is 29.8 Å². The van der Waals surface area contributed by atoms with Crippen molar-refractivity contribution >= 4 is 23.3 Å². The molecule has 0 saturated heterocycles. The maximum atomic E-state index is 11.9. The molecule has 1 heterocycles. The number of carboxylic acids is 1. The first kappa shape index (κ1) is 13.3. The zero-order chi connectivity index (χ0) is 14.0. The standard InChI is InChI=1S/C14H16N2O3/c1-9(2)6-11-8-13(17)16(15-11)12-5-3-4-10(7-12)14(18)19/h3-5,7,9H,6,8H2,1-2H3,(H,18,19). The van der Waals surface area contributed by atoms with Gasteiger partial charge in [0.05, 0.1) is 17.7 Å². The molecule has 100 valence electrons. The summed E-state index contributed by atoms with van der Waals surface area (Å²) in [5.74, 6) is -0.685. The lowest BCUT2D eigenvalue weighted by atomic mass is 10.1. The summed E-state index contributed by atoms with van der Waals surface area (Å²) >= 11 is 0. The van der Waals surface area contributed by atoms with E-state index in [1.54, 1.807) is 12.1 Å². The van der Waals surface area contributed by atoms with Crippen molar-refractivity contribution in [2.45, 2.75) is 26.7 Å². The third-order valence-corrected chi connectivity index (χ3v) is 2.81. The predicted molar refractivity (Wildman–Crippen MR) is 72.4 cm³/mol. The number of rotatable bonds is 4. The zero-order valence-electron chi connectivity index (χ0n) is 11.0. The van der Waals surface area contributed by atoms with Crippen LogP contribution in [0.25, 0.3) is 0 Å². The summed E-state index contributed by atoms with van der Waals surface area (Å²) in [5, 5.41) is 14.5. The number of carbonyl (C=O) groups excluding carboxylic acids is 1. The Kier molecular flexibility index (Phi) is 3.64. The molecule has 5 heteroatoms. The number of hydrogen-bond acceptors (Lipinski definition) is 3. The van der Waals surface area contributed by atoms with Crippen LogP contribution in [0.2, 0.25) is 0 Å². The van der Waals surface area contributed by atoms with Gasteiger partial charge in [-0.1, -0.05) is 19.9 Å². The Balaban J connectivity index is 2.26. The largest absolute Gasteiger partial charge is 0.478 e. The number of anilines is 1. The van der Waals surface area contributed by atoms with Crippen molar-refractivity contribution in [1.82, 2.24) is 0 Å². The highest BCUT2D eigenvalue weighted by Gasteiger charge is 2.25. The second kappa shape index (κ2) is 5.22. The average Bonchev–Trinajstić information content (AvgIpc) is 2.69. The van der Waals surface area contributed by atoms with Gasteiger partial charge in [-0.2, -0.15) is 5.10 Å². The number of amides is 1. The van der Waals surface area contributed by atoms with Crippen molar-refractivity contribution < 1.29 is 14.7 Å². The van der Waals surface area contributed by atoms with E-state index in [2.05, 4.69) is 18.9 Å². The van der Waals surface area contributed by atoms with Crippen LogP contribution >= 0.6 is 0 Å². The molecule has 1 aromatic rings. The van der Waals surface area contributed by atoms with Gasteiger partial charge in [-0.25, -0.2) is 9.80 Å². The van der Waals surface area contributed by atoms with Crippen molar-refractivity contribution in [2.24, 2.45) is 11.0 Å². The van der Waals surface area contributed by atoms with E-state index in [-0.39, 0.29) is 11.5 Å². The topological polar surface area (TPSA) is 70.0 Å². The predicted octanol–water partition coefficient (Wildman–Crippen LogP) is 2.52. The fourth-order valence-electron chi connectivity index (χ4n) is 2.04. The Morgan fingerprint density at radius 1 is 1.47 bits per heavy atom. The SMILES string of the molecule is CC(C)CC1=NN(c2cccc(C(=O)O)c2)C(=O)C1. The van der Waals surface area contributed by atoms with Crippen molar-refractivity contribution in [1.29, 1.82) is 0 Å². The van der Waals surface area contributed by atoms with E-state index < -0.39 is 5.97 Å². The lowest BCUT2D eigenvalue weighted by Gasteiger charge is -2.11. The second-order valence-corrected chi connectivity index (χ2v) is 5.00. The summed E-state index contributed by atoms with van der Waals surface area (Å²) in [6.07, 6.45) is 1.09. The second-order valence-electron chi connectivity index (χ2n) is 5.00. The molecule has 1 N–H and O–H groups in total. The van der Waals surface area contributed by atoms with Gasteiger partial charge in [0.25, 0.3) is 5.91 Å². The number of carboxylic acid groups (broad SMARTS) is 1. The molecule has 0 spiro atoms. The highest BCUT2D eigenvalue weighted by molar-refractivity contribution is 6.13. The highest BCUT2D eigenvalue weighted by atomic mass is 16.4. The van der Waals surface area contributed by atoms with E-state index in [0.29, 0.717) is 18.0 Å². The molecule has 0 aliphatic carbocycles. The van der Waals surface area contributed by atoms with Gasteiger partial charge < -0.3 is 5.11 Å². The molecule has 1 amide bonds. The number of hydrogen-bond donors (Lipinski definition) is 1. The minimum absolute atomic E-state index is 0.113. The van der Waals surface area contributed by atoms with E-state index >= 15 is 0 Å². The highest BCUT2D eigenvalue weighted by Crippen LogP contribution is 2.23. The normalized spacial score (nSPS) is 15.0. The van der Waals surface area contributed by atoms with E-state index in [9.17, 15) is 9.59 Å². The van der Waals surface area contributed by atoms with Gasteiger partial charge in [0, 0.05) is 5.71 Å². The van der Waals surface area contributed by atoms with E-state index in [1.165, 1.54) is 17.1 Å². The van der Waals surface area contributed by atoms with Crippen molar-refractivity contribution in [2.75, 3.05) is 5.01 Å². The third kappa shape index (κ3) is 2.99. The molecule has 1 aliphatic rings. The molecule has 5 nitrogen and oxygen atoms in total. The molecule has 0 fully saturated rings. The van der Waals surface area contributed by atoms with Gasteiger partial charge in [0.2, 0.25) is 0 Å². The third-order valence-electron chi connectivity index (χ3n) is 2.81. The van der Waals surface area contributed by atoms with Crippen molar-refractivity contribution in [3.8, 4) is 0 Å². The molecular weight excluding hydrogens is 244 g/mol.